The van der Waals surface area contributed by atoms with Crippen LogP contribution in [0.1, 0.15) is 5.56 Å². The van der Waals surface area contributed by atoms with Crippen molar-refractivity contribution in [2.45, 2.75) is 0 Å². The Morgan fingerprint density at radius 2 is 0.792 bits per heavy atom. The molecule has 0 aliphatic rings. The van der Waals surface area contributed by atoms with Crippen molar-refractivity contribution in [3.05, 3.63) is 175 Å². The summed E-state index contributed by atoms with van der Waals surface area (Å²) in [6, 6.07) is 59.8. The largest absolute Gasteiger partial charge is 0.246 e. The van der Waals surface area contributed by atoms with Crippen LogP contribution in [-0.2, 0) is 0 Å². The van der Waals surface area contributed by atoms with Crippen molar-refractivity contribution in [3.63, 3.8) is 0 Å². The highest BCUT2D eigenvalue weighted by Gasteiger charge is 2.18. The van der Waals surface area contributed by atoms with Gasteiger partial charge in [0.25, 0.3) is 0 Å². The van der Waals surface area contributed by atoms with Crippen LogP contribution >= 0.6 is 0 Å². The second-order valence-corrected chi connectivity index (χ2v) is 11.6. The van der Waals surface area contributed by atoms with Gasteiger partial charge >= 0.3 is 0 Å². The van der Waals surface area contributed by atoms with E-state index in [4.69, 9.17) is 15.0 Å². The lowest BCUT2D eigenvalue weighted by Gasteiger charge is -2.14. The molecule has 0 bridgehead atoms. The second-order valence-electron chi connectivity index (χ2n) is 11.6. The zero-order valence-corrected chi connectivity index (χ0v) is 26.0. The first-order valence-electron chi connectivity index (χ1n) is 15.8. The third kappa shape index (κ3) is 5.73. The van der Waals surface area contributed by atoms with Crippen LogP contribution in [0.4, 0.5) is 0 Å². The van der Waals surface area contributed by atoms with Crippen LogP contribution in [-0.4, -0.2) is 15.0 Å². The molecule has 0 saturated carbocycles. The van der Waals surface area contributed by atoms with E-state index in [1.807, 2.05) is 54.6 Å². The maximum atomic E-state index is 9.68. The van der Waals surface area contributed by atoms with Gasteiger partial charge < -0.3 is 0 Å². The molecule has 0 aliphatic carbocycles. The summed E-state index contributed by atoms with van der Waals surface area (Å²) in [5, 5.41) is 9.68. The first-order chi connectivity index (χ1) is 23.7. The number of hydrogen-bond acceptors (Lipinski definition) is 4. The van der Waals surface area contributed by atoms with Crippen LogP contribution in [0.25, 0.3) is 78.3 Å². The second kappa shape index (κ2) is 12.6. The van der Waals surface area contributed by atoms with Crippen molar-refractivity contribution in [1.29, 1.82) is 5.26 Å². The molecule has 224 valence electrons. The monoisotopic (exact) mass is 612 g/mol. The summed E-state index contributed by atoms with van der Waals surface area (Å²) < 4.78 is 0. The standard InChI is InChI=1S/C44H28N4/c45-29-30-10-9-15-37(26-30)43-44(48-40-17-8-7-16-39(40)47-43)42-28-38(35-20-18-33(19-21-35)31-11-3-1-4-12-31)27-41(46-42)36-24-22-34(23-25-36)32-13-5-2-6-14-32/h1-28H. The Labute approximate surface area is 279 Å². The van der Waals surface area contributed by atoms with Crippen molar-refractivity contribution >= 4 is 11.0 Å². The molecule has 48 heavy (non-hydrogen) atoms. The number of nitriles is 1. The number of pyridine rings is 1. The Kier molecular flexibility index (Phi) is 7.54. The van der Waals surface area contributed by atoms with E-state index in [-0.39, 0.29) is 0 Å². The number of fused-ring (bicyclic) bond motifs is 1. The lowest BCUT2D eigenvalue weighted by molar-refractivity contribution is 1.24. The first kappa shape index (κ1) is 28.8. The molecular formula is C44H28N4. The Balaban J connectivity index is 1.31. The lowest BCUT2D eigenvalue weighted by Crippen LogP contribution is -1.99. The number of hydrogen-bond donors (Lipinski definition) is 0. The molecule has 6 aromatic carbocycles. The van der Waals surface area contributed by atoms with E-state index in [0.717, 1.165) is 50.1 Å². The third-order valence-electron chi connectivity index (χ3n) is 8.52. The van der Waals surface area contributed by atoms with Crippen LogP contribution in [0, 0.1) is 11.3 Å². The molecule has 0 saturated heterocycles. The molecule has 2 aromatic heterocycles. The van der Waals surface area contributed by atoms with Crippen molar-refractivity contribution in [1.82, 2.24) is 15.0 Å². The van der Waals surface area contributed by atoms with Gasteiger partial charge in [0.05, 0.1) is 39.7 Å². The number of benzene rings is 6. The third-order valence-corrected chi connectivity index (χ3v) is 8.52. The molecule has 0 unspecified atom stereocenters. The van der Waals surface area contributed by atoms with E-state index in [0.29, 0.717) is 22.6 Å². The SMILES string of the molecule is N#Cc1cccc(-c2nc3ccccc3nc2-c2cc(-c3ccc(-c4ccccc4)cc3)cc(-c3ccc(-c4ccccc4)cc3)n2)c1. The van der Waals surface area contributed by atoms with Crippen LogP contribution in [0.15, 0.2) is 170 Å². The van der Waals surface area contributed by atoms with E-state index in [2.05, 4.69) is 115 Å². The van der Waals surface area contributed by atoms with Gasteiger partial charge in [-0.3, -0.25) is 0 Å². The molecule has 4 nitrogen and oxygen atoms in total. The summed E-state index contributed by atoms with van der Waals surface area (Å²) in [5.74, 6) is 0. The zero-order chi connectivity index (χ0) is 32.3. The first-order valence-corrected chi connectivity index (χ1v) is 15.8. The number of aromatic nitrogens is 3. The summed E-state index contributed by atoms with van der Waals surface area (Å²) in [7, 11) is 0. The smallest absolute Gasteiger partial charge is 0.116 e. The van der Waals surface area contributed by atoms with Gasteiger partial charge in [-0.1, -0.05) is 133 Å². The van der Waals surface area contributed by atoms with Gasteiger partial charge in [-0.05, 0) is 69.8 Å². The van der Waals surface area contributed by atoms with Crippen molar-refractivity contribution in [2.24, 2.45) is 0 Å². The summed E-state index contributed by atoms with van der Waals surface area (Å²) in [4.78, 5) is 15.5. The molecule has 8 aromatic rings. The predicted molar refractivity (Wildman–Crippen MR) is 195 cm³/mol. The van der Waals surface area contributed by atoms with Gasteiger partial charge in [-0.15, -0.1) is 0 Å². The molecule has 0 spiro atoms. The summed E-state index contributed by atoms with van der Waals surface area (Å²) in [6.45, 7) is 0. The van der Waals surface area contributed by atoms with Gasteiger partial charge in [0.1, 0.15) is 5.69 Å². The molecule has 0 radical (unpaired) electrons. The van der Waals surface area contributed by atoms with Gasteiger partial charge in [0, 0.05) is 11.1 Å². The van der Waals surface area contributed by atoms with E-state index in [1.165, 1.54) is 11.1 Å². The van der Waals surface area contributed by atoms with E-state index >= 15 is 0 Å². The molecule has 2 heterocycles. The number of para-hydroxylation sites is 2. The molecule has 0 fully saturated rings. The summed E-state index contributed by atoms with van der Waals surface area (Å²) >= 11 is 0. The van der Waals surface area contributed by atoms with Crippen molar-refractivity contribution < 1.29 is 0 Å². The normalized spacial score (nSPS) is 10.9. The van der Waals surface area contributed by atoms with E-state index in [9.17, 15) is 5.26 Å². The topological polar surface area (TPSA) is 62.5 Å². The molecule has 8 rings (SSSR count). The Morgan fingerprint density at radius 1 is 0.333 bits per heavy atom. The fraction of sp³-hybridized carbons (Fsp3) is 0. The minimum absolute atomic E-state index is 0.563. The van der Waals surface area contributed by atoms with Crippen LogP contribution < -0.4 is 0 Å². The summed E-state index contributed by atoms with van der Waals surface area (Å²) in [5.41, 5.74) is 13.6. The van der Waals surface area contributed by atoms with Crippen LogP contribution in [0.3, 0.4) is 0 Å². The Hall–Kier alpha value is -6.70. The number of nitrogens with zero attached hydrogens (tertiary/aromatic N) is 4. The molecular weight excluding hydrogens is 585 g/mol. The maximum absolute atomic E-state index is 9.68. The highest BCUT2D eigenvalue weighted by Crippen LogP contribution is 2.36. The molecule has 4 heteroatoms. The molecule has 0 N–H and O–H groups in total. The average Bonchev–Trinajstić information content (AvgIpc) is 3.18. The molecule has 0 amide bonds. The average molecular weight is 613 g/mol. The lowest BCUT2D eigenvalue weighted by atomic mass is 9.97. The fourth-order valence-electron chi connectivity index (χ4n) is 6.03. The minimum atomic E-state index is 0.563. The quantitative estimate of drug-likeness (QED) is 0.187. The fourth-order valence-corrected chi connectivity index (χ4v) is 6.03. The highest BCUT2D eigenvalue weighted by atomic mass is 14.9. The predicted octanol–water partition coefficient (Wildman–Crippen LogP) is 10.9. The van der Waals surface area contributed by atoms with Crippen LogP contribution in [0.2, 0.25) is 0 Å². The van der Waals surface area contributed by atoms with Crippen LogP contribution in [0.5, 0.6) is 0 Å². The van der Waals surface area contributed by atoms with Crippen molar-refractivity contribution in [3.8, 4) is 73.4 Å². The van der Waals surface area contributed by atoms with Gasteiger partial charge in [0.2, 0.25) is 0 Å². The molecule has 0 aliphatic heterocycles. The van der Waals surface area contributed by atoms with E-state index < -0.39 is 0 Å². The van der Waals surface area contributed by atoms with E-state index in [1.54, 1.807) is 6.07 Å². The molecule has 0 atom stereocenters. The van der Waals surface area contributed by atoms with Crippen molar-refractivity contribution in [2.75, 3.05) is 0 Å². The minimum Gasteiger partial charge on any atom is -0.246 e. The van der Waals surface area contributed by atoms with Gasteiger partial charge in [-0.25, -0.2) is 15.0 Å². The Bertz CT molecular complexity index is 2330. The number of rotatable bonds is 6. The highest BCUT2D eigenvalue weighted by molar-refractivity contribution is 5.88. The zero-order valence-electron chi connectivity index (χ0n) is 26.0. The summed E-state index contributed by atoms with van der Waals surface area (Å²) in [6.07, 6.45) is 0. The maximum Gasteiger partial charge on any atom is 0.116 e. The van der Waals surface area contributed by atoms with Gasteiger partial charge in [0.15, 0.2) is 0 Å². The van der Waals surface area contributed by atoms with Gasteiger partial charge in [-0.2, -0.15) is 5.26 Å². The Morgan fingerprint density at radius 3 is 1.38 bits per heavy atom.